The maximum absolute atomic E-state index is 2.37. The summed E-state index contributed by atoms with van der Waals surface area (Å²) < 4.78 is 0. The van der Waals surface area contributed by atoms with Crippen LogP contribution in [0.15, 0.2) is 12.1 Å². The topological polar surface area (TPSA) is 0 Å². The minimum atomic E-state index is 1.22. The lowest BCUT2D eigenvalue weighted by Crippen LogP contribution is -1.91. The largest absolute Gasteiger partial charge is 0.0654 e. The monoisotopic (exact) mass is 203 g/mol. The predicted octanol–water partition coefficient (Wildman–Crippen LogP) is 4.74. The Labute approximate surface area is 94.7 Å². The molecular formula is C15H23. The number of hydrogen-bond donors (Lipinski definition) is 0. The van der Waals surface area contributed by atoms with Crippen molar-refractivity contribution in [1.29, 1.82) is 0 Å². The number of benzene rings is 1. The highest BCUT2D eigenvalue weighted by Crippen LogP contribution is 2.18. The quantitative estimate of drug-likeness (QED) is 0.606. The summed E-state index contributed by atoms with van der Waals surface area (Å²) in [6, 6.07) is 4.60. The van der Waals surface area contributed by atoms with Crippen molar-refractivity contribution in [1.82, 2.24) is 0 Å². The Hall–Kier alpha value is -0.780. The van der Waals surface area contributed by atoms with Gasteiger partial charge in [-0.2, -0.15) is 0 Å². The van der Waals surface area contributed by atoms with E-state index in [1.54, 1.807) is 0 Å². The highest BCUT2D eigenvalue weighted by molar-refractivity contribution is 5.39. The number of aryl methyl sites for hydroxylation is 2. The summed E-state index contributed by atoms with van der Waals surface area (Å²) in [7, 11) is 0. The van der Waals surface area contributed by atoms with Crippen LogP contribution in [0.5, 0.6) is 0 Å². The molecule has 1 aromatic carbocycles. The van der Waals surface area contributed by atoms with Gasteiger partial charge < -0.3 is 0 Å². The summed E-state index contributed by atoms with van der Waals surface area (Å²) in [5, 5.41) is 0. The zero-order chi connectivity index (χ0) is 11.3. The van der Waals surface area contributed by atoms with Crippen molar-refractivity contribution in [3.8, 4) is 0 Å². The van der Waals surface area contributed by atoms with Crippen molar-refractivity contribution < 1.29 is 0 Å². The summed E-state index contributed by atoms with van der Waals surface area (Å²) in [5.74, 6) is 0. The molecule has 0 spiro atoms. The molecule has 0 amide bonds. The summed E-state index contributed by atoms with van der Waals surface area (Å²) in [5.41, 5.74) is 5.65. The van der Waals surface area contributed by atoms with Gasteiger partial charge in [0.15, 0.2) is 0 Å². The molecule has 0 nitrogen and oxygen atoms in total. The maximum Gasteiger partial charge on any atom is -0.00929 e. The molecule has 0 N–H and O–H groups in total. The number of hydrogen-bond acceptors (Lipinski definition) is 0. The Morgan fingerprint density at radius 1 is 1.00 bits per heavy atom. The molecule has 0 heterocycles. The third kappa shape index (κ3) is 3.70. The van der Waals surface area contributed by atoms with Gasteiger partial charge in [-0.3, -0.25) is 0 Å². The molecule has 0 fully saturated rings. The summed E-state index contributed by atoms with van der Waals surface area (Å²) in [6.07, 6.45) is 7.56. The van der Waals surface area contributed by atoms with E-state index in [2.05, 4.69) is 46.2 Å². The first-order valence-corrected chi connectivity index (χ1v) is 6.06. The molecule has 0 heteroatoms. The smallest absolute Gasteiger partial charge is 0.00929 e. The van der Waals surface area contributed by atoms with E-state index in [0.29, 0.717) is 0 Å². The molecule has 0 aliphatic heterocycles. The van der Waals surface area contributed by atoms with E-state index in [4.69, 9.17) is 0 Å². The van der Waals surface area contributed by atoms with E-state index in [-0.39, 0.29) is 0 Å². The minimum Gasteiger partial charge on any atom is -0.0654 e. The van der Waals surface area contributed by atoms with Crippen LogP contribution >= 0.6 is 0 Å². The Morgan fingerprint density at radius 3 is 2.13 bits per heavy atom. The van der Waals surface area contributed by atoms with E-state index in [1.807, 2.05) is 0 Å². The van der Waals surface area contributed by atoms with Crippen LogP contribution in [0.1, 0.15) is 54.9 Å². The maximum atomic E-state index is 2.37. The van der Waals surface area contributed by atoms with Crippen molar-refractivity contribution in [3.05, 3.63) is 40.8 Å². The Morgan fingerprint density at radius 2 is 1.60 bits per heavy atom. The van der Waals surface area contributed by atoms with Gasteiger partial charge in [0, 0.05) is 0 Å². The molecule has 0 aliphatic carbocycles. The Balaban J connectivity index is 2.55. The summed E-state index contributed by atoms with van der Waals surface area (Å²) >= 11 is 0. The van der Waals surface area contributed by atoms with Gasteiger partial charge in [0.2, 0.25) is 0 Å². The Bertz CT molecular complexity index is 287. The van der Waals surface area contributed by atoms with Crippen molar-refractivity contribution in [2.45, 2.75) is 53.4 Å². The fourth-order valence-corrected chi connectivity index (χ4v) is 1.85. The number of unbranched alkanes of at least 4 members (excludes halogenated alkanes) is 3. The molecule has 0 aromatic heterocycles. The molecule has 0 saturated heterocycles. The normalized spacial score (nSPS) is 10.7. The molecule has 1 rings (SSSR count). The molecule has 0 bridgehead atoms. The average Bonchev–Trinajstić information content (AvgIpc) is 2.21. The first-order valence-electron chi connectivity index (χ1n) is 6.06. The van der Waals surface area contributed by atoms with E-state index < -0.39 is 0 Å². The molecule has 0 atom stereocenters. The van der Waals surface area contributed by atoms with Gasteiger partial charge >= 0.3 is 0 Å². The third-order valence-corrected chi connectivity index (χ3v) is 3.14. The highest BCUT2D eigenvalue weighted by Gasteiger charge is 2.00. The summed E-state index contributed by atoms with van der Waals surface area (Å²) in [4.78, 5) is 0. The van der Waals surface area contributed by atoms with Crippen LogP contribution < -0.4 is 0 Å². The van der Waals surface area contributed by atoms with Gasteiger partial charge in [-0.15, -0.1) is 0 Å². The van der Waals surface area contributed by atoms with Crippen LogP contribution in [0.3, 0.4) is 0 Å². The SMILES string of the molecule is CCCCC[CH]c1cc(C)c(C)c(C)c1. The summed E-state index contributed by atoms with van der Waals surface area (Å²) in [6.45, 7) is 8.85. The van der Waals surface area contributed by atoms with Gasteiger partial charge in [-0.1, -0.05) is 38.3 Å². The molecule has 1 aromatic rings. The minimum absolute atomic E-state index is 1.22. The molecule has 1 radical (unpaired) electrons. The molecule has 0 saturated carbocycles. The van der Waals surface area contributed by atoms with Gasteiger partial charge in [0.25, 0.3) is 0 Å². The lowest BCUT2D eigenvalue weighted by Gasteiger charge is -2.08. The van der Waals surface area contributed by atoms with Crippen LogP contribution in [0, 0.1) is 27.2 Å². The average molecular weight is 203 g/mol. The zero-order valence-electron chi connectivity index (χ0n) is 10.6. The fourth-order valence-electron chi connectivity index (χ4n) is 1.85. The lowest BCUT2D eigenvalue weighted by molar-refractivity contribution is 0.715. The van der Waals surface area contributed by atoms with Gasteiger partial charge in [0.05, 0.1) is 0 Å². The van der Waals surface area contributed by atoms with E-state index in [1.165, 1.54) is 47.9 Å². The van der Waals surface area contributed by atoms with Gasteiger partial charge in [-0.05, 0) is 55.9 Å². The zero-order valence-corrected chi connectivity index (χ0v) is 10.6. The lowest BCUT2D eigenvalue weighted by atomic mass is 9.97. The van der Waals surface area contributed by atoms with E-state index in [0.717, 1.165) is 0 Å². The second-order valence-electron chi connectivity index (χ2n) is 4.48. The van der Waals surface area contributed by atoms with E-state index in [9.17, 15) is 0 Å². The second kappa shape index (κ2) is 5.95. The first kappa shape index (κ1) is 12.3. The highest BCUT2D eigenvalue weighted by atomic mass is 14.1. The van der Waals surface area contributed by atoms with Crippen LogP contribution in [0.2, 0.25) is 0 Å². The molecule has 83 valence electrons. The molecule has 0 unspecified atom stereocenters. The molecule has 15 heavy (non-hydrogen) atoms. The first-order chi connectivity index (χ1) is 7.15. The van der Waals surface area contributed by atoms with Crippen LogP contribution in [-0.2, 0) is 0 Å². The Kier molecular flexibility index (Phi) is 4.87. The second-order valence-corrected chi connectivity index (χ2v) is 4.48. The third-order valence-electron chi connectivity index (χ3n) is 3.14. The van der Waals surface area contributed by atoms with E-state index >= 15 is 0 Å². The number of rotatable bonds is 5. The predicted molar refractivity (Wildman–Crippen MR) is 68.2 cm³/mol. The van der Waals surface area contributed by atoms with Crippen LogP contribution in [-0.4, -0.2) is 0 Å². The molecular weight excluding hydrogens is 180 g/mol. The van der Waals surface area contributed by atoms with Crippen molar-refractivity contribution in [3.63, 3.8) is 0 Å². The standard InChI is InChI=1S/C15H23/c1-5-6-7-8-9-15-10-12(2)14(4)13(3)11-15/h9-11H,5-8H2,1-4H3. The molecule has 0 aliphatic rings. The van der Waals surface area contributed by atoms with Gasteiger partial charge in [-0.25, -0.2) is 0 Å². The van der Waals surface area contributed by atoms with Crippen LogP contribution in [0.4, 0.5) is 0 Å². The fraction of sp³-hybridized carbons (Fsp3) is 0.533. The van der Waals surface area contributed by atoms with Crippen molar-refractivity contribution in [2.24, 2.45) is 0 Å². The van der Waals surface area contributed by atoms with Gasteiger partial charge in [0.1, 0.15) is 0 Å². The van der Waals surface area contributed by atoms with Crippen LogP contribution in [0.25, 0.3) is 0 Å². The van der Waals surface area contributed by atoms with Crippen molar-refractivity contribution in [2.75, 3.05) is 0 Å². The van der Waals surface area contributed by atoms with Crippen molar-refractivity contribution >= 4 is 0 Å².